The highest BCUT2D eigenvalue weighted by Gasteiger charge is 2.38. The fraction of sp³-hybridized carbons (Fsp3) is 0.438. The van der Waals surface area contributed by atoms with Gasteiger partial charge in [-0.15, -0.1) is 6.58 Å². The summed E-state index contributed by atoms with van der Waals surface area (Å²) in [4.78, 5) is 12.0. The Morgan fingerprint density at radius 2 is 2.16 bits per heavy atom. The second-order valence-corrected chi connectivity index (χ2v) is 9.91. The Labute approximate surface area is 148 Å². The number of rotatable bonds is 7. The lowest BCUT2D eigenvalue weighted by atomic mass is 10.2. The van der Waals surface area contributed by atoms with Gasteiger partial charge in [0.1, 0.15) is 0 Å². The second kappa shape index (κ2) is 7.67. The van der Waals surface area contributed by atoms with Crippen LogP contribution >= 0.6 is 0 Å². The Morgan fingerprint density at radius 1 is 1.44 bits per heavy atom. The fourth-order valence-corrected chi connectivity index (χ4v) is 6.36. The smallest absolute Gasteiger partial charge is 0.251 e. The average molecular weight is 386 g/mol. The Bertz CT molecular complexity index is 862. The number of amides is 1. The van der Waals surface area contributed by atoms with Gasteiger partial charge in [-0.3, -0.25) is 4.79 Å². The van der Waals surface area contributed by atoms with E-state index < -0.39 is 31.8 Å². The molecule has 0 bridgehead atoms. The molecule has 138 valence electrons. The fourth-order valence-electron chi connectivity index (χ4n) is 2.83. The molecule has 1 aliphatic heterocycles. The van der Waals surface area contributed by atoms with Crippen molar-refractivity contribution in [3.05, 3.63) is 42.5 Å². The second-order valence-electron chi connectivity index (χ2n) is 5.79. The Balaban J connectivity index is 2.32. The quantitative estimate of drug-likeness (QED) is 0.699. The van der Waals surface area contributed by atoms with Crippen molar-refractivity contribution in [3.63, 3.8) is 0 Å². The summed E-state index contributed by atoms with van der Waals surface area (Å²) in [5.74, 6) is -0.573. The first-order valence-electron chi connectivity index (χ1n) is 7.92. The molecule has 1 heterocycles. The van der Waals surface area contributed by atoms with Gasteiger partial charge in [0.15, 0.2) is 9.84 Å². The van der Waals surface area contributed by atoms with E-state index >= 15 is 0 Å². The molecule has 2 rings (SSSR count). The molecule has 9 heteroatoms. The predicted molar refractivity (Wildman–Crippen MR) is 95.6 cm³/mol. The molecule has 7 nitrogen and oxygen atoms in total. The third kappa shape index (κ3) is 4.47. The zero-order valence-electron chi connectivity index (χ0n) is 14.0. The van der Waals surface area contributed by atoms with Crippen LogP contribution in [0.15, 0.2) is 41.8 Å². The number of nitrogens with zero attached hydrogens (tertiary/aromatic N) is 1. The number of sulfone groups is 1. The van der Waals surface area contributed by atoms with E-state index in [4.69, 9.17) is 0 Å². The van der Waals surface area contributed by atoms with Crippen LogP contribution in [0.2, 0.25) is 0 Å². The molecule has 0 saturated carbocycles. The van der Waals surface area contributed by atoms with Crippen molar-refractivity contribution in [2.24, 2.45) is 0 Å². The molecule has 0 aromatic heterocycles. The normalized spacial score (nSPS) is 19.7. The zero-order valence-corrected chi connectivity index (χ0v) is 15.6. The molecule has 25 heavy (non-hydrogen) atoms. The van der Waals surface area contributed by atoms with Crippen LogP contribution in [0.25, 0.3) is 0 Å². The van der Waals surface area contributed by atoms with Gasteiger partial charge in [-0.1, -0.05) is 19.1 Å². The molecule has 0 spiro atoms. The number of sulfonamides is 1. The minimum absolute atomic E-state index is 0.00626. The van der Waals surface area contributed by atoms with Crippen LogP contribution in [-0.2, 0) is 19.9 Å². The molecule has 1 N–H and O–H groups in total. The molecule has 1 unspecified atom stereocenters. The van der Waals surface area contributed by atoms with Gasteiger partial charge >= 0.3 is 0 Å². The Morgan fingerprint density at radius 3 is 2.72 bits per heavy atom. The van der Waals surface area contributed by atoms with Crippen LogP contribution in [0.4, 0.5) is 0 Å². The van der Waals surface area contributed by atoms with Crippen molar-refractivity contribution in [1.29, 1.82) is 0 Å². The van der Waals surface area contributed by atoms with Crippen molar-refractivity contribution < 1.29 is 21.6 Å². The first-order valence-corrected chi connectivity index (χ1v) is 11.2. The van der Waals surface area contributed by atoms with Gasteiger partial charge in [0.25, 0.3) is 5.91 Å². The highest BCUT2D eigenvalue weighted by atomic mass is 32.2. The van der Waals surface area contributed by atoms with Crippen molar-refractivity contribution in [3.8, 4) is 0 Å². The summed E-state index contributed by atoms with van der Waals surface area (Å²) in [6.45, 7) is 5.61. The Kier molecular flexibility index (Phi) is 6.02. The van der Waals surface area contributed by atoms with Crippen molar-refractivity contribution in [1.82, 2.24) is 9.62 Å². The monoisotopic (exact) mass is 386 g/mol. The van der Waals surface area contributed by atoms with E-state index in [0.29, 0.717) is 0 Å². The van der Waals surface area contributed by atoms with Crippen LogP contribution < -0.4 is 5.32 Å². The largest absolute Gasteiger partial charge is 0.349 e. The third-order valence-corrected chi connectivity index (χ3v) is 7.81. The lowest BCUT2D eigenvalue weighted by molar-refractivity contribution is 0.0958. The van der Waals surface area contributed by atoms with Crippen molar-refractivity contribution in [2.45, 2.75) is 24.3 Å². The summed E-state index contributed by atoms with van der Waals surface area (Å²) in [5.41, 5.74) is 0.220. The molecule has 1 saturated heterocycles. The summed E-state index contributed by atoms with van der Waals surface area (Å²) in [6.07, 6.45) is 1.81. The standard InChI is InChI=1S/C16H22N2O5S2/c1-3-9-17-16(19)13-6-5-7-15(11-13)25(22,23)18(4-2)14-8-10-24(20,21)12-14/h3,5-7,11,14H,1,4,8-10,12H2,2H3,(H,17,19). The highest BCUT2D eigenvalue weighted by Crippen LogP contribution is 2.25. The van der Waals surface area contributed by atoms with E-state index in [-0.39, 0.29) is 41.5 Å². The van der Waals surface area contributed by atoms with Crippen LogP contribution in [0, 0.1) is 0 Å². The molecule has 1 aromatic rings. The first kappa shape index (κ1) is 19.6. The topological polar surface area (TPSA) is 101 Å². The summed E-state index contributed by atoms with van der Waals surface area (Å²) in [7, 11) is -7.10. The van der Waals surface area contributed by atoms with Crippen LogP contribution in [0.1, 0.15) is 23.7 Å². The number of hydrogen-bond acceptors (Lipinski definition) is 5. The summed E-state index contributed by atoms with van der Waals surface area (Å²) in [5, 5.41) is 2.59. The van der Waals surface area contributed by atoms with Gasteiger partial charge in [0.2, 0.25) is 10.0 Å². The molecule has 1 aromatic carbocycles. The van der Waals surface area contributed by atoms with E-state index in [1.165, 1.54) is 34.6 Å². The van der Waals surface area contributed by atoms with Gasteiger partial charge < -0.3 is 5.32 Å². The van der Waals surface area contributed by atoms with Crippen molar-refractivity contribution >= 4 is 25.8 Å². The molecule has 0 aliphatic carbocycles. The summed E-state index contributed by atoms with van der Waals surface area (Å²) >= 11 is 0. The lowest BCUT2D eigenvalue weighted by Crippen LogP contribution is -2.41. The van der Waals surface area contributed by atoms with Gasteiger partial charge in [0.05, 0.1) is 16.4 Å². The van der Waals surface area contributed by atoms with E-state index in [2.05, 4.69) is 11.9 Å². The minimum atomic E-state index is -3.89. The van der Waals surface area contributed by atoms with Crippen LogP contribution in [0.5, 0.6) is 0 Å². The molecule has 1 fully saturated rings. The van der Waals surface area contributed by atoms with E-state index in [9.17, 15) is 21.6 Å². The summed E-state index contributed by atoms with van der Waals surface area (Å²) < 4.78 is 50.4. The Hall–Kier alpha value is -1.71. The molecule has 1 amide bonds. The van der Waals surface area contributed by atoms with Crippen LogP contribution in [0.3, 0.4) is 0 Å². The maximum atomic E-state index is 12.9. The van der Waals surface area contributed by atoms with Gasteiger partial charge in [-0.25, -0.2) is 16.8 Å². The molecule has 0 radical (unpaired) electrons. The maximum absolute atomic E-state index is 12.9. The van der Waals surface area contributed by atoms with Crippen molar-refractivity contribution in [2.75, 3.05) is 24.6 Å². The number of carbonyl (C=O) groups excluding carboxylic acids is 1. The molecular formula is C16H22N2O5S2. The SMILES string of the molecule is C=CCNC(=O)c1cccc(S(=O)(=O)N(CC)C2CCS(=O)(=O)C2)c1. The lowest BCUT2D eigenvalue weighted by Gasteiger charge is -2.26. The van der Waals surface area contributed by atoms with E-state index in [1.54, 1.807) is 6.92 Å². The number of nitrogens with one attached hydrogen (secondary N) is 1. The zero-order chi connectivity index (χ0) is 18.7. The molecule has 1 atom stereocenters. The predicted octanol–water partition coefficient (Wildman–Crippen LogP) is 0.800. The number of hydrogen-bond donors (Lipinski definition) is 1. The highest BCUT2D eigenvalue weighted by molar-refractivity contribution is 7.92. The van der Waals surface area contributed by atoms with Crippen LogP contribution in [-0.4, -0.2) is 57.7 Å². The van der Waals surface area contributed by atoms with Gasteiger partial charge in [-0.2, -0.15) is 4.31 Å². The molecule has 1 aliphatic rings. The number of benzene rings is 1. The third-order valence-electron chi connectivity index (χ3n) is 4.04. The maximum Gasteiger partial charge on any atom is 0.251 e. The summed E-state index contributed by atoms with van der Waals surface area (Å²) in [6, 6.07) is 5.16. The van der Waals surface area contributed by atoms with Gasteiger partial charge in [0, 0.05) is 24.7 Å². The van der Waals surface area contributed by atoms with Gasteiger partial charge in [-0.05, 0) is 24.6 Å². The first-order chi connectivity index (χ1) is 11.7. The average Bonchev–Trinajstić information content (AvgIpc) is 2.92. The molecular weight excluding hydrogens is 364 g/mol. The van der Waals surface area contributed by atoms with E-state index in [0.717, 1.165) is 0 Å². The van der Waals surface area contributed by atoms with E-state index in [1.807, 2.05) is 0 Å². The number of carbonyl (C=O) groups is 1. The minimum Gasteiger partial charge on any atom is -0.349 e.